The van der Waals surface area contributed by atoms with E-state index in [1.165, 1.54) is 18.5 Å². The third-order valence-corrected chi connectivity index (χ3v) is 3.52. The molecule has 1 aliphatic heterocycles. The number of pyridine rings is 1. The summed E-state index contributed by atoms with van der Waals surface area (Å²) in [5.41, 5.74) is 2.41. The van der Waals surface area contributed by atoms with Crippen LogP contribution < -0.4 is 10.1 Å². The Balaban J connectivity index is 1.77. The van der Waals surface area contributed by atoms with Gasteiger partial charge in [0.05, 0.1) is 25.7 Å². The van der Waals surface area contributed by atoms with Crippen molar-refractivity contribution in [1.82, 2.24) is 19.9 Å². The van der Waals surface area contributed by atoms with Gasteiger partial charge in [-0.3, -0.25) is 0 Å². The molecule has 1 fully saturated rings. The SMILES string of the molecule is COc1ccc(Cn2cncc2[C@@H]2CCCN2)cn1. The Morgan fingerprint density at radius 1 is 1.42 bits per heavy atom. The number of ether oxygens (including phenoxy) is 1. The molecular formula is C14H18N4O. The van der Waals surface area contributed by atoms with E-state index in [0.717, 1.165) is 18.7 Å². The van der Waals surface area contributed by atoms with Crippen LogP contribution in [0.2, 0.25) is 0 Å². The van der Waals surface area contributed by atoms with Crippen molar-refractivity contribution in [2.75, 3.05) is 13.7 Å². The topological polar surface area (TPSA) is 52.0 Å². The van der Waals surface area contributed by atoms with Crippen LogP contribution in [0, 0.1) is 0 Å². The van der Waals surface area contributed by atoms with E-state index in [0.29, 0.717) is 11.9 Å². The molecule has 0 amide bonds. The minimum Gasteiger partial charge on any atom is -0.481 e. The van der Waals surface area contributed by atoms with Crippen LogP contribution in [0.3, 0.4) is 0 Å². The van der Waals surface area contributed by atoms with E-state index < -0.39 is 0 Å². The summed E-state index contributed by atoms with van der Waals surface area (Å²) in [5, 5.41) is 3.51. The zero-order chi connectivity index (χ0) is 13.1. The van der Waals surface area contributed by atoms with Crippen LogP contribution in [0.5, 0.6) is 5.88 Å². The fraction of sp³-hybridized carbons (Fsp3) is 0.429. The van der Waals surface area contributed by atoms with Gasteiger partial charge in [0, 0.05) is 24.5 Å². The third-order valence-electron chi connectivity index (χ3n) is 3.52. The van der Waals surface area contributed by atoms with Gasteiger partial charge in [-0.05, 0) is 24.9 Å². The Labute approximate surface area is 112 Å². The largest absolute Gasteiger partial charge is 0.481 e. The monoisotopic (exact) mass is 258 g/mol. The molecule has 5 nitrogen and oxygen atoms in total. The van der Waals surface area contributed by atoms with Crippen LogP contribution in [-0.4, -0.2) is 28.2 Å². The van der Waals surface area contributed by atoms with Crippen molar-refractivity contribution in [3.05, 3.63) is 42.1 Å². The lowest BCUT2D eigenvalue weighted by Gasteiger charge is -2.14. The van der Waals surface area contributed by atoms with Crippen molar-refractivity contribution >= 4 is 0 Å². The number of methoxy groups -OCH3 is 1. The van der Waals surface area contributed by atoms with Gasteiger partial charge in [0.2, 0.25) is 5.88 Å². The minimum absolute atomic E-state index is 0.439. The smallest absolute Gasteiger partial charge is 0.212 e. The van der Waals surface area contributed by atoms with Crippen LogP contribution in [0.15, 0.2) is 30.9 Å². The van der Waals surface area contributed by atoms with Gasteiger partial charge in [0.1, 0.15) is 0 Å². The first-order valence-electron chi connectivity index (χ1n) is 6.59. The molecule has 0 aromatic carbocycles. The lowest BCUT2D eigenvalue weighted by molar-refractivity contribution is 0.397. The molecule has 1 N–H and O–H groups in total. The zero-order valence-corrected chi connectivity index (χ0v) is 11.0. The molecule has 3 rings (SSSR count). The molecule has 0 unspecified atom stereocenters. The number of hydrogen-bond donors (Lipinski definition) is 1. The maximum atomic E-state index is 5.07. The molecule has 0 spiro atoms. The molecule has 1 aliphatic rings. The Hall–Kier alpha value is -1.88. The highest BCUT2D eigenvalue weighted by Crippen LogP contribution is 2.23. The summed E-state index contributed by atoms with van der Waals surface area (Å²) in [4.78, 5) is 8.51. The first kappa shape index (κ1) is 12.2. The molecule has 3 heterocycles. The molecule has 100 valence electrons. The maximum absolute atomic E-state index is 5.07. The summed E-state index contributed by atoms with van der Waals surface area (Å²) in [6.45, 7) is 1.89. The zero-order valence-electron chi connectivity index (χ0n) is 11.0. The van der Waals surface area contributed by atoms with Crippen molar-refractivity contribution < 1.29 is 4.74 Å². The molecule has 0 bridgehead atoms. The van der Waals surface area contributed by atoms with Crippen LogP contribution >= 0.6 is 0 Å². The van der Waals surface area contributed by atoms with E-state index in [4.69, 9.17) is 4.74 Å². The lowest BCUT2D eigenvalue weighted by Crippen LogP contribution is -2.17. The number of aromatic nitrogens is 3. The van der Waals surface area contributed by atoms with Gasteiger partial charge >= 0.3 is 0 Å². The first-order chi connectivity index (χ1) is 9.36. The van der Waals surface area contributed by atoms with E-state index in [1.54, 1.807) is 7.11 Å². The standard InChI is InChI=1S/C14H18N4O/c1-19-14-5-4-11(7-17-14)9-18-10-15-8-13(18)12-3-2-6-16-12/h4-5,7-8,10,12,16H,2-3,6,9H2,1H3/t12-/m0/s1. The van der Waals surface area contributed by atoms with Gasteiger partial charge in [0.25, 0.3) is 0 Å². The van der Waals surface area contributed by atoms with Crippen LogP contribution in [0.1, 0.15) is 30.1 Å². The number of imidazole rings is 1. The van der Waals surface area contributed by atoms with Gasteiger partial charge in [-0.1, -0.05) is 6.07 Å². The number of nitrogens with zero attached hydrogens (tertiary/aromatic N) is 3. The van der Waals surface area contributed by atoms with E-state index >= 15 is 0 Å². The highest BCUT2D eigenvalue weighted by atomic mass is 16.5. The molecule has 2 aromatic rings. The van der Waals surface area contributed by atoms with Crippen LogP contribution in [0.25, 0.3) is 0 Å². The number of rotatable bonds is 4. The van der Waals surface area contributed by atoms with E-state index in [2.05, 4.69) is 19.9 Å². The van der Waals surface area contributed by atoms with E-state index in [9.17, 15) is 0 Å². The number of nitrogens with one attached hydrogen (secondary N) is 1. The van der Waals surface area contributed by atoms with Crippen LogP contribution in [-0.2, 0) is 6.54 Å². The fourth-order valence-corrected chi connectivity index (χ4v) is 2.51. The van der Waals surface area contributed by atoms with E-state index in [1.807, 2.05) is 30.9 Å². The predicted molar refractivity (Wildman–Crippen MR) is 72.1 cm³/mol. The normalized spacial score (nSPS) is 18.7. The van der Waals surface area contributed by atoms with Gasteiger partial charge in [-0.2, -0.15) is 0 Å². The molecule has 5 heteroatoms. The maximum Gasteiger partial charge on any atom is 0.212 e. The molecule has 19 heavy (non-hydrogen) atoms. The summed E-state index contributed by atoms with van der Waals surface area (Å²) in [6, 6.07) is 4.37. The van der Waals surface area contributed by atoms with Gasteiger partial charge in [-0.25, -0.2) is 9.97 Å². The highest BCUT2D eigenvalue weighted by molar-refractivity contribution is 5.19. The average molecular weight is 258 g/mol. The molecule has 1 atom stereocenters. The van der Waals surface area contributed by atoms with Crippen molar-refractivity contribution in [3.8, 4) is 5.88 Å². The van der Waals surface area contributed by atoms with Crippen LogP contribution in [0.4, 0.5) is 0 Å². The fourth-order valence-electron chi connectivity index (χ4n) is 2.51. The lowest BCUT2D eigenvalue weighted by atomic mass is 10.1. The second-order valence-electron chi connectivity index (χ2n) is 4.80. The second-order valence-corrected chi connectivity index (χ2v) is 4.80. The van der Waals surface area contributed by atoms with Gasteiger partial charge in [-0.15, -0.1) is 0 Å². The Morgan fingerprint density at radius 2 is 2.37 bits per heavy atom. The van der Waals surface area contributed by atoms with Crippen molar-refractivity contribution in [2.24, 2.45) is 0 Å². The molecule has 1 saturated heterocycles. The Bertz CT molecular complexity index is 529. The van der Waals surface area contributed by atoms with Gasteiger partial charge in [0.15, 0.2) is 0 Å². The summed E-state index contributed by atoms with van der Waals surface area (Å²) in [5.74, 6) is 0.645. The summed E-state index contributed by atoms with van der Waals surface area (Å²) in [7, 11) is 1.63. The number of hydrogen-bond acceptors (Lipinski definition) is 4. The molecule has 0 saturated carbocycles. The molecule has 0 aliphatic carbocycles. The quantitative estimate of drug-likeness (QED) is 0.908. The van der Waals surface area contributed by atoms with E-state index in [-0.39, 0.29) is 0 Å². The van der Waals surface area contributed by atoms with Crippen molar-refractivity contribution in [1.29, 1.82) is 0 Å². The first-order valence-corrected chi connectivity index (χ1v) is 6.59. The van der Waals surface area contributed by atoms with Crippen molar-refractivity contribution in [3.63, 3.8) is 0 Å². The Morgan fingerprint density at radius 3 is 3.05 bits per heavy atom. The summed E-state index contributed by atoms with van der Waals surface area (Å²) >= 11 is 0. The minimum atomic E-state index is 0.439. The molecule has 0 radical (unpaired) electrons. The third kappa shape index (κ3) is 2.61. The Kier molecular flexibility index (Phi) is 3.46. The second kappa shape index (κ2) is 5.40. The average Bonchev–Trinajstić information content (AvgIpc) is 3.10. The summed E-state index contributed by atoms with van der Waals surface area (Å²) < 4.78 is 7.26. The molecular weight excluding hydrogens is 240 g/mol. The molecule has 2 aromatic heterocycles. The summed E-state index contributed by atoms with van der Waals surface area (Å²) in [6.07, 6.45) is 8.12. The predicted octanol–water partition coefficient (Wildman–Crippen LogP) is 1.76. The van der Waals surface area contributed by atoms with Gasteiger partial charge < -0.3 is 14.6 Å². The van der Waals surface area contributed by atoms with Crippen molar-refractivity contribution in [2.45, 2.75) is 25.4 Å². The highest BCUT2D eigenvalue weighted by Gasteiger charge is 2.19.